The van der Waals surface area contributed by atoms with Gasteiger partial charge in [0.25, 0.3) is 0 Å². The van der Waals surface area contributed by atoms with Gasteiger partial charge in [0.1, 0.15) is 10.9 Å². The average molecular weight is 268 g/mol. The Morgan fingerprint density at radius 2 is 1.94 bits per heavy atom. The molecule has 0 radical (unpaired) electrons. The van der Waals surface area contributed by atoms with Gasteiger partial charge in [0, 0.05) is 25.9 Å². The largest absolute Gasteiger partial charge is 0.599 e. The molecule has 1 aliphatic heterocycles. The summed E-state index contributed by atoms with van der Waals surface area (Å²) < 4.78 is 16.3. The van der Waals surface area contributed by atoms with Crippen LogP contribution in [0.4, 0.5) is 4.79 Å². The lowest BCUT2D eigenvalue weighted by Crippen LogP contribution is -2.44. The van der Waals surface area contributed by atoms with Crippen LogP contribution in [0.25, 0.3) is 0 Å². The summed E-state index contributed by atoms with van der Waals surface area (Å²) in [7, 11) is 4.22. The lowest BCUT2D eigenvalue weighted by atomic mass is 10.1. The van der Waals surface area contributed by atoms with E-state index in [1.807, 2.05) is 20.8 Å². The van der Waals surface area contributed by atoms with Gasteiger partial charge >= 0.3 is 6.09 Å². The van der Waals surface area contributed by atoms with Crippen LogP contribution in [-0.4, -0.2) is 39.5 Å². The van der Waals surface area contributed by atoms with E-state index >= 15 is 0 Å². The highest BCUT2D eigenvalue weighted by atomic mass is 35.7. The number of rotatable bonds is 1. The van der Waals surface area contributed by atoms with Crippen LogP contribution in [0.1, 0.15) is 33.6 Å². The van der Waals surface area contributed by atoms with E-state index < -0.39 is 16.0 Å². The summed E-state index contributed by atoms with van der Waals surface area (Å²) in [6, 6.07) is 0. The van der Waals surface area contributed by atoms with Crippen LogP contribution in [-0.2, 0) is 15.1 Å². The van der Waals surface area contributed by atoms with Crippen molar-refractivity contribution in [2.24, 2.45) is 0 Å². The summed E-state index contributed by atoms with van der Waals surface area (Å²) in [6.45, 7) is 6.65. The third kappa shape index (κ3) is 4.39. The summed E-state index contributed by atoms with van der Waals surface area (Å²) in [5.74, 6) is 0. The van der Waals surface area contributed by atoms with Gasteiger partial charge in [-0.25, -0.2) is 4.79 Å². The predicted octanol–water partition coefficient (Wildman–Crippen LogP) is 2.29. The molecule has 0 bridgehead atoms. The van der Waals surface area contributed by atoms with Gasteiger partial charge in [-0.05, 0) is 20.8 Å². The van der Waals surface area contributed by atoms with Crippen molar-refractivity contribution in [3.63, 3.8) is 0 Å². The topological polar surface area (TPSA) is 52.6 Å². The maximum Gasteiger partial charge on any atom is 0.410 e. The lowest BCUT2D eigenvalue weighted by molar-refractivity contribution is 0.0218. The fourth-order valence-electron chi connectivity index (χ4n) is 1.55. The lowest BCUT2D eigenvalue weighted by Gasteiger charge is -2.32. The van der Waals surface area contributed by atoms with E-state index in [9.17, 15) is 9.35 Å². The number of piperidine rings is 1. The highest BCUT2D eigenvalue weighted by molar-refractivity contribution is 8.14. The molecule has 0 aromatic carbocycles. The van der Waals surface area contributed by atoms with Crippen LogP contribution in [0.15, 0.2) is 0 Å². The fraction of sp³-hybridized carbons (Fsp3) is 0.900. The number of carbonyl (C=O) groups excluding carboxylic acids is 1. The Kier molecular flexibility index (Phi) is 4.76. The van der Waals surface area contributed by atoms with Crippen molar-refractivity contribution in [2.75, 3.05) is 13.1 Å². The molecule has 1 fully saturated rings. The van der Waals surface area contributed by atoms with Crippen LogP contribution < -0.4 is 0 Å². The van der Waals surface area contributed by atoms with Crippen molar-refractivity contribution in [1.82, 2.24) is 4.90 Å². The first-order valence-corrected chi connectivity index (χ1v) is 7.38. The molecule has 0 aromatic heterocycles. The number of amides is 1. The first-order valence-electron chi connectivity index (χ1n) is 5.34. The number of hydrogen-bond donors (Lipinski definition) is 0. The molecule has 0 aromatic rings. The average Bonchev–Trinajstić information content (AvgIpc) is 2.15. The molecule has 16 heavy (non-hydrogen) atoms. The van der Waals surface area contributed by atoms with E-state index in [2.05, 4.69) is 0 Å². The number of nitrogens with zero attached hydrogens (tertiary/aromatic N) is 1. The van der Waals surface area contributed by atoms with Gasteiger partial charge in [0.05, 0.1) is 10.4 Å². The molecule has 6 heteroatoms. The Bertz CT molecular complexity index is 247. The second kappa shape index (κ2) is 5.47. The molecular weight excluding hydrogens is 250 g/mol. The van der Waals surface area contributed by atoms with E-state index in [0.29, 0.717) is 25.9 Å². The summed E-state index contributed by atoms with van der Waals surface area (Å²) >= 11 is 0. The van der Waals surface area contributed by atoms with Gasteiger partial charge in [0.15, 0.2) is 10.7 Å². The molecule has 1 amide bonds. The number of halogens is 1. The van der Waals surface area contributed by atoms with Crippen LogP contribution in [0.5, 0.6) is 0 Å². The Hall–Kier alpha value is -0.130. The summed E-state index contributed by atoms with van der Waals surface area (Å²) in [6.07, 6.45) is 1.05. The Morgan fingerprint density at radius 3 is 2.31 bits per heavy atom. The Balaban J connectivity index is 2.39. The van der Waals surface area contributed by atoms with Crippen molar-refractivity contribution < 1.29 is 14.1 Å². The van der Waals surface area contributed by atoms with E-state index in [1.165, 1.54) is 0 Å². The van der Waals surface area contributed by atoms with E-state index in [1.54, 1.807) is 4.90 Å². The third-order valence-electron chi connectivity index (χ3n) is 2.36. The van der Waals surface area contributed by atoms with E-state index in [4.69, 9.17) is 15.4 Å². The molecule has 1 heterocycles. The maximum absolute atomic E-state index is 11.7. The van der Waals surface area contributed by atoms with Crippen molar-refractivity contribution in [3.05, 3.63) is 0 Å². The zero-order valence-corrected chi connectivity index (χ0v) is 11.4. The first-order chi connectivity index (χ1) is 7.29. The minimum absolute atomic E-state index is 0.000327. The molecule has 0 aliphatic carbocycles. The van der Waals surface area contributed by atoms with Gasteiger partial charge in [-0.15, -0.1) is 0 Å². The van der Waals surface area contributed by atoms with Gasteiger partial charge < -0.3 is 14.2 Å². The molecule has 1 saturated heterocycles. The SMILES string of the molecule is CC(C)(C)OC(=O)N1CCC([S+]([O-])Cl)CC1. The minimum Gasteiger partial charge on any atom is -0.599 e. The molecule has 0 spiro atoms. The van der Waals surface area contributed by atoms with Crippen LogP contribution in [0, 0.1) is 0 Å². The summed E-state index contributed by atoms with van der Waals surface area (Å²) in [5.41, 5.74) is -0.469. The fourth-order valence-corrected chi connectivity index (χ4v) is 2.67. The van der Waals surface area contributed by atoms with Crippen molar-refractivity contribution in [2.45, 2.75) is 44.5 Å². The smallest absolute Gasteiger partial charge is 0.410 e. The van der Waals surface area contributed by atoms with E-state index in [0.717, 1.165) is 0 Å². The molecule has 0 saturated carbocycles. The summed E-state index contributed by atoms with van der Waals surface area (Å²) in [4.78, 5) is 13.3. The molecule has 0 N–H and O–H groups in total. The normalized spacial score (nSPS) is 20.7. The minimum atomic E-state index is -1.31. The van der Waals surface area contributed by atoms with Gasteiger partial charge in [-0.2, -0.15) is 0 Å². The third-order valence-corrected chi connectivity index (χ3v) is 4.11. The molecular formula is C10H18ClNO3S. The van der Waals surface area contributed by atoms with Crippen molar-refractivity contribution in [3.8, 4) is 0 Å². The van der Waals surface area contributed by atoms with Crippen LogP contribution >= 0.6 is 10.7 Å². The number of ether oxygens (including phenoxy) is 1. The van der Waals surface area contributed by atoms with E-state index in [-0.39, 0.29) is 11.3 Å². The molecule has 1 atom stereocenters. The Labute approximate surface area is 104 Å². The molecule has 1 unspecified atom stereocenters. The van der Waals surface area contributed by atoms with Crippen molar-refractivity contribution in [1.29, 1.82) is 0 Å². The molecule has 1 aliphatic rings. The molecule has 94 valence electrons. The number of carbonyl (C=O) groups is 1. The Morgan fingerprint density at radius 1 is 1.44 bits per heavy atom. The first kappa shape index (κ1) is 13.9. The zero-order chi connectivity index (χ0) is 12.3. The highest BCUT2D eigenvalue weighted by Crippen LogP contribution is 2.22. The zero-order valence-electron chi connectivity index (χ0n) is 9.86. The molecule has 4 nitrogen and oxygen atoms in total. The summed E-state index contributed by atoms with van der Waals surface area (Å²) in [5, 5.41) is 0.000327. The van der Waals surface area contributed by atoms with Crippen LogP contribution in [0.2, 0.25) is 0 Å². The number of hydrogen-bond acceptors (Lipinski definition) is 3. The monoisotopic (exact) mass is 267 g/mol. The van der Waals surface area contributed by atoms with Gasteiger partial charge in [-0.3, -0.25) is 0 Å². The number of likely N-dealkylation sites (tertiary alicyclic amines) is 1. The standard InChI is InChI=1S/C10H18ClNO3S/c1-10(2,3)15-9(13)12-6-4-8(5-7-12)16(11)14/h8H,4-7H2,1-3H3. The van der Waals surface area contributed by atoms with Gasteiger partial charge in [0.2, 0.25) is 0 Å². The molecule has 1 rings (SSSR count). The quantitative estimate of drug-likeness (QED) is 0.685. The maximum atomic E-state index is 11.7. The predicted molar refractivity (Wildman–Crippen MR) is 64.8 cm³/mol. The second-order valence-electron chi connectivity index (χ2n) is 4.92. The highest BCUT2D eigenvalue weighted by Gasteiger charge is 2.31. The van der Waals surface area contributed by atoms with Crippen molar-refractivity contribution >= 4 is 27.2 Å². The second-order valence-corrected chi connectivity index (χ2v) is 6.99. The van der Waals surface area contributed by atoms with Gasteiger partial charge in [-0.1, -0.05) is 0 Å². The van der Waals surface area contributed by atoms with Crippen LogP contribution in [0.3, 0.4) is 0 Å².